The van der Waals surface area contributed by atoms with Crippen LogP contribution in [-0.4, -0.2) is 6.54 Å². The van der Waals surface area contributed by atoms with Gasteiger partial charge in [-0.1, -0.05) is 30.3 Å². The number of nitriles is 1. The monoisotopic (exact) mass is 281 g/mol. The third-order valence-electron chi connectivity index (χ3n) is 3.04. The number of nitrogens with zero attached hydrogens (tertiary/aromatic N) is 1. The molecule has 21 heavy (non-hydrogen) atoms. The van der Waals surface area contributed by atoms with Gasteiger partial charge in [0.05, 0.1) is 6.07 Å². The summed E-state index contributed by atoms with van der Waals surface area (Å²) in [6.07, 6.45) is 1.74. The molecule has 2 aromatic rings. The Kier molecular flexibility index (Phi) is 5.08. The highest BCUT2D eigenvalue weighted by Gasteiger charge is 2.00. The van der Waals surface area contributed by atoms with E-state index >= 15 is 0 Å². The Balaban J connectivity index is 1.96. The smallest absolute Gasteiger partial charge is 0.123 e. The first kappa shape index (κ1) is 14.8. The van der Waals surface area contributed by atoms with Crippen LogP contribution in [0.4, 0.5) is 10.1 Å². The number of nitrogens with two attached hydrogens (primary N) is 1. The number of rotatable bonds is 5. The SMILES string of the molecule is N#C/C(=C\c1ccc(F)cc1)CNCc1ccccc1N. The Morgan fingerprint density at radius 3 is 2.57 bits per heavy atom. The first-order valence-electron chi connectivity index (χ1n) is 6.59. The Labute approximate surface area is 123 Å². The van der Waals surface area contributed by atoms with Gasteiger partial charge in [0.15, 0.2) is 0 Å². The summed E-state index contributed by atoms with van der Waals surface area (Å²) >= 11 is 0. The number of benzene rings is 2. The molecule has 4 heteroatoms. The Morgan fingerprint density at radius 2 is 1.90 bits per heavy atom. The third-order valence-corrected chi connectivity index (χ3v) is 3.04. The van der Waals surface area contributed by atoms with Gasteiger partial charge in [-0.15, -0.1) is 0 Å². The number of para-hydroxylation sites is 1. The van der Waals surface area contributed by atoms with Crippen molar-refractivity contribution >= 4 is 11.8 Å². The van der Waals surface area contributed by atoms with Gasteiger partial charge in [0.2, 0.25) is 0 Å². The lowest BCUT2D eigenvalue weighted by atomic mass is 10.1. The summed E-state index contributed by atoms with van der Waals surface area (Å²) in [6, 6.07) is 15.8. The second-order valence-corrected chi connectivity index (χ2v) is 4.64. The van der Waals surface area contributed by atoms with E-state index in [-0.39, 0.29) is 5.82 Å². The lowest BCUT2D eigenvalue weighted by Crippen LogP contribution is -2.16. The molecule has 0 fully saturated rings. The summed E-state index contributed by atoms with van der Waals surface area (Å²) in [5, 5.41) is 12.3. The first-order chi connectivity index (χ1) is 10.2. The summed E-state index contributed by atoms with van der Waals surface area (Å²) in [7, 11) is 0. The normalized spacial score (nSPS) is 11.1. The second-order valence-electron chi connectivity index (χ2n) is 4.64. The number of nitrogens with one attached hydrogen (secondary N) is 1. The largest absolute Gasteiger partial charge is 0.398 e. The standard InChI is InChI=1S/C17H16FN3/c18-16-7-5-13(6-8-16)9-14(10-19)11-21-12-15-3-1-2-4-17(15)20/h1-9,21H,11-12,20H2/b14-9+. The van der Waals surface area contributed by atoms with Crippen molar-refractivity contribution in [3.05, 3.63) is 71.0 Å². The van der Waals surface area contributed by atoms with Crippen molar-refractivity contribution in [3.63, 3.8) is 0 Å². The fourth-order valence-corrected chi connectivity index (χ4v) is 1.91. The molecule has 0 aliphatic heterocycles. The van der Waals surface area contributed by atoms with Crippen molar-refractivity contribution in [1.82, 2.24) is 5.32 Å². The number of nitrogen functional groups attached to an aromatic ring is 1. The molecule has 0 radical (unpaired) electrons. The van der Waals surface area contributed by atoms with E-state index in [2.05, 4.69) is 11.4 Å². The van der Waals surface area contributed by atoms with Crippen LogP contribution < -0.4 is 11.1 Å². The predicted molar refractivity (Wildman–Crippen MR) is 82.6 cm³/mol. The maximum atomic E-state index is 12.8. The van der Waals surface area contributed by atoms with Crippen LogP contribution in [0.25, 0.3) is 6.08 Å². The van der Waals surface area contributed by atoms with Crippen molar-refractivity contribution < 1.29 is 4.39 Å². The molecule has 0 saturated carbocycles. The lowest BCUT2D eigenvalue weighted by molar-refractivity contribution is 0.628. The molecule has 106 valence electrons. The van der Waals surface area contributed by atoms with Crippen molar-refractivity contribution in [2.24, 2.45) is 0 Å². The summed E-state index contributed by atoms with van der Waals surface area (Å²) in [6.45, 7) is 1.03. The molecule has 0 aliphatic carbocycles. The Hall–Kier alpha value is -2.64. The Bertz CT molecular complexity index is 669. The van der Waals surface area contributed by atoms with Gasteiger partial charge in [0.25, 0.3) is 0 Å². The lowest BCUT2D eigenvalue weighted by Gasteiger charge is -2.07. The zero-order chi connectivity index (χ0) is 15.1. The van der Waals surface area contributed by atoms with E-state index in [1.807, 2.05) is 24.3 Å². The minimum absolute atomic E-state index is 0.289. The Morgan fingerprint density at radius 1 is 1.19 bits per heavy atom. The molecule has 3 nitrogen and oxygen atoms in total. The molecule has 0 spiro atoms. The van der Waals surface area contributed by atoms with Gasteiger partial charge in [-0.3, -0.25) is 0 Å². The second kappa shape index (κ2) is 7.22. The van der Waals surface area contributed by atoms with Crippen LogP contribution >= 0.6 is 0 Å². The highest BCUT2D eigenvalue weighted by atomic mass is 19.1. The third kappa shape index (κ3) is 4.44. The molecular weight excluding hydrogens is 265 g/mol. The van der Waals surface area contributed by atoms with Crippen LogP contribution in [0.2, 0.25) is 0 Å². The fraction of sp³-hybridized carbons (Fsp3) is 0.118. The van der Waals surface area contributed by atoms with Gasteiger partial charge in [-0.25, -0.2) is 4.39 Å². The van der Waals surface area contributed by atoms with Crippen LogP contribution in [0.15, 0.2) is 54.1 Å². The summed E-state index contributed by atoms with van der Waals surface area (Å²) in [5.74, 6) is -0.289. The van der Waals surface area contributed by atoms with Crippen molar-refractivity contribution in [2.75, 3.05) is 12.3 Å². The number of hydrogen-bond acceptors (Lipinski definition) is 3. The van der Waals surface area contributed by atoms with E-state index in [0.717, 1.165) is 16.8 Å². The minimum atomic E-state index is -0.289. The van der Waals surface area contributed by atoms with Crippen molar-refractivity contribution in [1.29, 1.82) is 5.26 Å². The molecule has 0 heterocycles. The molecule has 0 saturated heterocycles. The average Bonchev–Trinajstić information content (AvgIpc) is 2.50. The molecule has 0 bridgehead atoms. The fourth-order valence-electron chi connectivity index (χ4n) is 1.91. The maximum Gasteiger partial charge on any atom is 0.123 e. The van der Waals surface area contributed by atoms with Gasteiger partial charge in [0.1, 0.15) is 5.82 Å². The summed E-state index contributed by atoms with van der Waals surface area (Å²) < 4.78 is 12.8. The zero-order valence-electron chi connectivity index (χ0n) is 11.5. The van der Waals surface area contributed by atoms with Crippen molar-refractivity contribution in [2.45, 2.75) is 6.54 Å². The molecular formula is C17H16FN3. The van der Waals surface area contributed by atoms with E-state index < -0.39 is 0 Å². The van der Waals surface area contributed by atoms with Gasteiger partial charge in [-0.2, -0.15) is 5.26 Å². The van der Waals surface area contributed by atoms with E-state index in [4.69, 9.17) is 11.0 Å². The highest BCUT2D eigenvalue weighted by molar-refractivity contribution is 5.57. The molecule has 0 aromatic heterocycles. The topological polar surface area (TPSA) is 61.8 Å². The van der Waals surface area contributed by atoms with Crippen LogP contribution in [0.5, 0.6) is 0 Å². The molecule has 0 atom stereocenters. The highest BCUT2D eigenvalue weighted by Crippen LogP contribution is 2.11. The molecule has 0 unspecified atom stereocenters. The molecule has 2 aromatic carbocycles. The number of anilines is 1. The summed E-state index contributed by atoms with van der Waals surface area (Å²) in [5.41, 5.74) is 8.96. The van der Waals surface area contributed by atoms with Gasteiger partial charge >= 0.3 is 0 Å². The predicted octanol–water partition coefficient (Wildman–Crippen LogP) is 3.10. The molecule has 0 amide bonds. The van der Waals surface area contributed by atoms with Gasteiger partial charge in [-0.05, 0) is 35.4 Å². The van der Waals surface area contributed by atoms with Gasteiger partial charge in [0, 0.05) is 24.4 Å². The van der Waals surface area contributed by atoms with Crippen LogP contribution in [0.1, 0.15) is 11.1 Å². The van der Waals surface area contributed by atoms with E-state index in [0.29, 0.717) is 18.7 Å². The van der Waals surface area contributed by atoms with Crippen LogP contribution in [0.3, 0.4) is 0 Å². The van der Waals surface area contributed by atoms with E-state index in [9.17, 15) is 4.39 Å². The maximum absolute atomic E-state index is 12.8. The summed E-state index contributed by atoms with van der Waals surface area (Å²) in [4.78, 5) is 0. The van der Waals surface area contributed by atoms with Crippen LogP contribution in [0, 0.1) is 17.1 Å². The number of hydrogen-bond donors (Lipinski definition) is 2. The van der Waals surface area contributed by atoms with Crippen LogP contribution in [-0.2, 0) is 6.54 Å². The van der Waals surface area contributed by atoms with E-state index in [1.54, 1.807) is 18.2 Å². The minimum Gasteiger partial charge on any atom is -0.398 e. The van der Waals surface area contributed by atoms with E-state index in [1.165, 1.54) is 12.1 Å². The molecule has 0 aliphatic rings. The quantitative estimate of drug-likeness (QED) is 0.654. The van der Waals surface area contributed by atoms with Crippen molar-refractivity contribution in [3.8, 4) is 6.07 Å². The molecule has 2 rings (SSSR count). The van der Waals surface area contributed by atoms with Gasteiger partial charge < -0.3 is 11.1 Å². The number of halogens is 1. The zero-order valence-corrected chi connectivity index (χ0v) is 11.5. The average molecular weight is 281 g/mol. The molecule has 3 N–H and O–H groups in total. The first-order valence-corrected chi connectivity index (χ1v) is 6.59.